The van der Waals surface area contributed by atoms with Gasteiger partial charge in [0.25, 0.3) is 5.91 Å². The summed E-state index contributed by atoms with van der Waals surface area (Å²) in [6, 6.07) is 8.39. The summed E-state index contributed by atoms with van der Waals surface area (Å²) in [5.74, 6) is 4.52. The number of morpholine rings is 1. The second kappa shape index (κ2) is 11.4. The van der Waals surface area contributed by atoms with Gasteiger partial charge in [0, 0.05) is 55.6 Å². The fraction of sp³-hybridized carbons (Fsp3) is 0.481. The fourth-order valence-corrected chi connectivity index (χ4v) is 5.78. The Labute approximate surface area is 224 Å². The van der Waals surface area contributed by atoms with Crippen molar-refractivity contribution in [2.24, 2.45) is 5.92 Å². The van der Waals surface area contributed by atoms with E-state index in [4.69, 9.17) is 16.3 Å². The standard InChI is InChI=1S/C27H35ClN4O4S/c1-18-16-32(17-19(2)36-18)25(33)12-20-8-10-31(11-9-20)26-24(14-23(15-29-26)37(3,4)35)30-27(34)21-6-5-7-22(28)13-21/h5-7,13-15,18-20H,3,8-12,16-17H2,1-2,4H3,(H,30,34)/t18-,19?,37?/m0/s1. The summed E-state index contributed by atoms with van der Waals surface area (Å²) in [6.45, 7) is 6.68. The minimum absolute atomic E-state index is 0.0558. The summed E-state index contributed by atoms with van der Waals surface area (Å²) in [7, 11) is -2.53. The van der Waals surface area contributed by atoms with Crippen molar-refractivity contribution < 1.29 is 18.5 Å². The van der Waals surface area contributed by atoms with Crippen molar-refractivity contribution in [1.82, 2.24) is 9.88 Å². The fourth-order valence-electron chi connectivity index (χ4n) is 4.95. The van der Waals surface area contributed by atoms with Gasteiger partial charge in [-0.3, -0.25) is 13.8 Å². The highest BCUT2D eigenvalue weighted by molar-refractivity contribution is 7.99. The van der Waals surface area contributed by atoms with Gasteiger partial charge < -0.3 is 19.9 Å². The Morgan fingerprint density at radius 2 is 1.86 bits per heavy atom. The summed E-state index contributed by atoms with van der Waals surface area (Å²) in [5, 5.41) is 3.40. The number of pyridine rings is 1. The Balaban J connectivity index is 1.46. The van der Waals surface area contributed by atoms with Crippen molar-refractivity contribution in [3.05, 3.63) is 47.1 Å². The van der Waals surface area contributed by atoms with E-state index in [1.165, 1.54) is 0 Å². The van der Waals surface area contributed by atoms with Gasteiger partial charge in [-0.05, 0) is 72.3 Å². The molecule has 37 heavy (non-hydrogen) atoms. The molecule has 0 spiro atoms. The van der Waals surface area contributed by atoms with E-state index in [9.17, 15) is 13.8 Å². The Kier molecular flexibility index (Phi) is 8.46. The van der Waals surface area contributed by atoms with Gasteiger partial charge in [0.2, 0.25) is 5.91 Å². The molecule has 10 heteroatoms. The van der Waals surface area contributed by atoms with Crippen molar-refractivity contribution in [2.45, 2.75) is 50.2 Å². The van der Waals surface area contributed by atoms with Crippen molar-refractivity contribution in [1.29, 1.82) is 0 Å². The lowest BCUT2D eigenvalue weighted by molar-refractivity contribution is -0.144. The van der Waals surface area contributed by atoms with Crippen LogP contribution in [0.25, 0.3) is 0 Å². The van der Waals surface area contributed by atoms with Gasteiger partial charge in [0.05, 0.1) is 22.8 Å². The summed E-state index contributed by atoms with van der Waals surface area (Å²) < 4.78 is 18.4. The number of halogens is 1. The molecule has 2 aromatic rings. The van der Waals surface area contributed by atoms with E-state index in [2.05, 4.69) is 21.1 Å². The molecule has 200 valence electrons. The third-order valence-corrected chi connectivity index (χ3v) is 8.28. The maximum absolute atomic E-state index is 13.0. The first-order valence-electron chi connectivity index (χ1n) is 12.6. The van der Waals surface area contributed by atoms with Gasteiger partial charge in [-0.2, -0.15) is 0 Å². The van der Waals surface area contributed by atoms with E-state index in [0.29, 0.717) is 59.6 Å². The number of piperidine rings is 1. The number of ether oxygens (including phenoxy) is 1. The molecule has 1 N–H and O–H groups in total. The largest absolute Gasteiger partial charge is 0.372 e. The third kappa shape index (κ3) is 7.03. The molecule has 2 saturated heterocycles. The zero-order valence-electron chi connectivity index (χ0n) is 21.6. The summed E-state index contributed by atoms with van der Waals surface area (Å²) in [4.78, 5) is 35.0. The molecule has 0 radical (unpaired) electrons. The van der Waals surface area contributed by atoms with Gasteiger partial charge in [-0.15, -0.1) is 0 Å². The van der Waals surface area contributed by atoms with E-state index >= 15 is 0 Å². The molecule has 3 atom stereocenters. The molecule has 4 rings (SSSR count). The van der Waals surface area contributed by atoms with E-state index < -0.39 is 9.52 Å². The highest BCUT2D eigenvalue weighted by Crippen LogP contribution is 2.32. The van der Waals surface area contributed by atoms with Crippen LogP contribution in [0, 0.1) is 5.92 Å². The minimum Gasteiger partial charge on any atom is -0.372 e. The number of hydrogen-bond acceptors (Lipinski definition) is 6. The van der Waals surface area contributed by atoms with Crippen LogP contribution in [0.5, 0.6) is 0 Å². The highest BCUT2D eigenvalue weighted by atomic mass is 35.5. The molecular weight excluding hydrogens is 512 g/mol. The van der Waals surface area contributed by atoms with Crippen LogP contribution in [-0.4, -0.2) is 76.4 Å². The molecule has 2 aliphatic heterocycles. The Hall–Kier alpha value is -2.62. The smallest absolute Gasteiger partial charge is 0.255 e. The topological polar surface area (TPSA) is 91.8 Å². The van der Waals surface area contributed by atoms with Crippen LogP contribution in [0.1, 0.15) is 43.5 Å². The first-order chi connectivity index (χ1) is 17.5. The number of carbonyl (C=O) groups is 2. The van der Waals surface area contributed by atoms with Crippen LogP contribution in [0.15, 0.2) is 41.4 Å². The number of amides is 2. The van der Waals surface area contributed by atoms with Crippen molar-refractivity contribution in [2.75, 3.05) is 42.7 Å². The number of carbonyl (C=O) groups excluding carboxylic acids is 2. The number of hydrogen-bond donors (Lipinski definition) is 1. The summed E-state index contributed by atoms with van der Waals surface area (Å²) >= 11 is 6.06. The van der Waals surface area contributed by atoms with Crippen molar-refractivity contribution in [3.8, 4) is 0 Å². The average molecular weight is 547 g/mol. The van der Waals surface area contributed by atoms with Gasteiger partial charge in [-0.1, -0.05) is 17.7 Å². The van der Waals surface area contributed by atoms with E-state index in [-0.39, 0.29) is 29.9 Å². The van der Waals surface area contributed by atoms with Gasteiger partial charge >= 0.3 is 0 Å². The molecule has 0 aliphatic carbocycles. The Morgan fingerprint density at radius 1 is 1.19 bits per heavy atom. The molecule has 8 nitrogen and oxygen atoms in total. The molecule has 2 aliphatic rings. The number of benzene rings is 1. The SMILES string of the molecule is C=S(C)(=O)c1cnc(N2CCC(CC(=O)N3CC(C)O[C@@H](C)C3)CC2)c(NC(=O)c2cccc(Cl)c2)c1. The van der Waals surface area contributed by atoms with Crippen LogP contribution >= 0.6 is 11.6 Å². The summed E-state index contributed by atoms with van der Waals surface area (Å²) in [6.07, 6.45) is 5.43. The Bertz CT molecular complexity index is 1250. The van der Waals surface area contributed by atoms with Crippen molar-refractivity contribution in [3.63, 3.8) is 0 Å². The highest BCUT2D eigenvalue weighted by Gasteiger charge is 2.30. The predicted molar refractivity (Wildman–Crippen MR) is 149 cm³/mol. The summed E-state index contributed by atoms with van der Waals surface area (Å²) in [5.41, 5.74) is 0.895. The first-order valence-corrected chi connectivity index (χ1v) is 15.1. The van der Waals surface area contributed by atoms with Crippen LogP contribution < -0.4 is 10.2 Å². The second-order valence-electron chi connectivity index (χ2n) is 10.2. The lowest BCUT2D eigenvalue weighted by Gasteiger charge is -2.37. The quantitative estimate of drug-likeness (QED) is 0.552. The van der Waals surface area contributed by atoms with Crippen molar-refractivity contribution >= 4 is 50.3 Å². The molecular formula is C27H35ClN4O4S. The molecule has 2 amide bonds. The monoisotopic (exact) mass is 546 g/mol. The molecule has 3 heterocycles. The zero-order valence-corrected chi connectivity index (χ0v) is 23.2. The van der Waals surface area contributed by atoms with E-state index in [0.717, 1.165) is 12.8 Å². The number of aromatic nitrogens is 1. The number of nitrogens with one attached hydrogen (secondary N) is 1. The van der Waals surface area contributed by atoms with E-state index in [1.807, 2.05) is 18.7 Å². The molecule has 0 bridgehead atoms. The zero-order chi connectivity index (χ0) is 26.7. The van der Waals surface area contributed by atoms with E-state index in [1.54, 1.807) is 42.8 Å². The van der Waals surface area contributed by atoms with Crippen LogP contribution in [0.4, 0.5) is 11.5 Å². The number of rotatable bonds is 6. The van der Waals surface area contributed by atoms with Gasteiger partial charge in [0.15, 0.2) is 5.82 Å². The molecule has 0 saturated carbocycles. The molecule has 1 aromatic heterocycles. The van der Waals surface area contributed by atoms with Crippen LogP contribution in [-0.2, 0) is 19.1 Å². The van der Waals surface area contributed by atoms with Crippen LogP contribution in [0.2, 0.25) is 5.02 Å². The van der Waals surface area contributed by atoms with Gasteiger partial charge in [0.1, 0.15) is 0 Å². The average Bonchev–Trinajstić information content (AvgIpc) is 2.83. The lowest BCUT2D eigenvalue weighted by atomic mass is 9.92. The minimum atomic E-state index is -2.53. The maximum Gasteiger partial charge on any atom is 0.255 e. The second-order valence-corrected chi connectivity index (χ2v) is 13.1. The van der Waals surface area contributed by atoms with Gasteiger partial charge in [-0.25, -0.2) is 4.98 Å². The molecule has 2 fully saturated rings. The molecule has 2 unspecified atom stereocenters. The molecule has 1 aromatic carbocycles. The number of nitrogens with zero attached hydrogens (tertiary/aromatic N) is 3. The predicted octanol–water partition coefficient (Wildman–Crippen LogP) is 3.93. The third-order valence-electron chi connectivity index (χ3n) is 6.82. The normalized spacial score (nSPS) is 22.4. The lowest BCUT2D eigenvalue weighted by Crippen LogP contribution is -2.49. The maximum atomic E-state index is 13.0. The van der Waals surface area contributed by atoms with Crippen LogP contribution in [0.3, 0.4) is 0 Å². The number of anilines is 2. The Morgan fingerprint density at radius 3 is 2.49 bits per heavy atom. The first kappa shape index (κ1) is 27.4.